The number of nitrogens with zero attached hydrogens (tertiary/aromatic N) is 2. The molecule has 0 N–H and O–H groups in total. The fraction of sp³-hybridized carbons (Fsp3) is 0.667. The van der Waals surface area contributed by atoms with Crippen LogP contribution in [0.2, 0.25) is 0 Å². The van der Waals surface area contributed by atoms with E-state index in [-0.39, 0.29) is 29.4 Å². The highest BCUT2D eigenvalue weighted by Crippen LogP contribution is 2.27. The summed E-state index contributed by atoms with van der Waals surface area (Å²) in [6, 6.07) is 3.30. The number of morpholine rings is 1. The highest BCUT2D eigenvalue weighted by Gasteiger charge is 2.39. The van der Waals surface area contributed by atoms with Crippen LogP contribution in [0.5, 0.6) is 0 Å². The van der Waals surface area contributed by atoms with Crippen LogP contribution in [0.1, 0.15) is 18.4 Å². The van der Waals surface area contributed by atoms with Crippen molar-refractivity contribution in [2.75, 3.05) is 50.9 Å². The molecule has 1 aromatic rings. The molecule has 10 heteroatoms. The molecule has 0 aromatic heterocycles. The standard InChI is InChI=1S/C18H27FN2O5S2/c1-15-3-4-17(19)18(13-15)28(24,25)21(16-5-12-27(22,23)14-16)7-2-6-20-8-10-26-11-9-20/h3-4,13,16H,2,5-12,14H2,1H3. The van der Waals surface area contributed by atoms with Crippen molar-refractivity contribution in [2.24, 2.45) is 0 Å². The molecule has 28 heavy (non-hydrogen) atoms. The van der Waals surface area contributed by atoms with Crippen LogP contribution in [0.3, 0.4) is 0 Å². The maximum atomic E-state index is 14.3. The van der Waals surface area contributed by atoms with Gasteiger partial charge in [0.05, 0.1) is 24.7 Å². The molecule has 2 fully saturated rings. The van der Waals surface area contributed by atoms with E-state index in [4.69, 9.17) is 4.74 Å². The molecule has 0 saturated carbocycles. The summed E-state index contributed by atoms with van der Waals surface area (Å²) in [5, 5.41) is 0. The highest BCUT2D eigenvalue weighted by molar-refractivity contribution is 7.92. The molecule has 1 unspecified atom stereocenters. The molecule has 0 aliphatic carbocycles. The van der Waals surface area contributed by atoms with Gasteiger partial charge >= 0.3 is 0 Å². The maximum Gasteiger partial charge on any atom is 0.246 e. The van der Waals surface area contributed by atoms with E-state index < -0.39 is 31.7 Å². The van der Waals surface area contributed by atoms with Gasteiger partial charge in [0.15, 0.2) is 9.84 Å². The summed E-state index contributed by atoms with van der Waals surface area (Å²) < 4.78 is 71.2. The average molecular weight is 435 g/mol. The van der Waals surface area contributed by atoms with Crippen LogP contribution < -0.4 is 0 Å². The lowest BCUT2D eigenvalue weighted by Crippen LogP contribution is -2.44. The molecule has 2 heterocycles. The number of aryl methyl sites for hydroxylation is 1. The quantitative estimate of drug-likeness (QED) is 0.638. The minimum atomic E-state index is -4.14. The van der Waals surface area contributed by atoms with Gasteiger partial charge in [0.25, 0.3) is 0 Å². The van der Waals surface area contributed by atoms with Gasteiger partial charge in [0, 0.05) is 25.7 Å². The summed E-state index contributed by atoms with van der Waals surface area (Å²) in [6.45, 7) is 5.42. The Balaban J connectivity index is 1.81. The Morgan fingerprint density at radius 1 is 1.29 bits per heavy atom. The predicted molar refractivity (Wildman–Crippen MR) is 104 cm³/mol. The van der Waals surface area contributed by atoms with E-state index in [1.165, 1.54) is 16.4 Å². The van der Waals surface area contributed by atoms with Crippen LogP contribution >= 0.6 is 0 Å². The first kappa shape index (κ1) is 21.6. The fourth-order valence-electron chi connectivity index (χ4n) is 3.71. The Labute approximate surface area is 166 Å². The first-order chi connectivity index (χ1) is 13.2. The van der Waals surface area contributed by atoms with Crippen molar-refractivity contribution in [2.45, 2.75) is 30.7 Å². The van der Waals surface area contributed by atoms with E-state index in [9.17, 15) is 21.2 Å². The zero-order chi connectivity index (χ0) is 20.4. The molecule has 158 valence electrons. The van der Waals surface area contributed by atoms with Crippen molar-refractivity contribution in [3.63, 3.8) is 0 Å². The number of ether oxygens (including phenoxy) is 1. The number of hydrogen-bond donors (Lipinski definition) is 0. The lowest BCUT2D eigenvalue weighted by atomic mass is 10.2. The molecule has 2 saturated heterocycles. The lowest BCUT2D eigenvalue weighted by molar-refractivity contribution is 0.0367. The third-order valence-corrected chi connectivity index (χ3v) is 8.96. The Bertz CT molecular complexity index is 899. The molecule has 1 atom stereocenters. The zero-order valence-electron chi connectivity index (χ0n) is 16.0. The number of benzene rings is 1. The largest absolute Gasteiger partial charge is 0.379 e. The first-order valence-corrected chi connectivity index (χ1v) is 12.7. The molecule has 0 radical (unpaired) electrons. The summed E-state index contributed by atoms with van der Waals surface area (Å²) in [5.74, 6) is -1.06. The minimum Gasteiger partial charge on any atom is -0.379 e. The van der Waals surface area contributed by atoms with E-state index in [0.29, 0.717) is 31.7 Å². The first-order valence-electron chi connectivity index (χ1n) is 9.47. The van der Waals surface area contributed by atoms with Crippen LogP contribution in [-0.2, 0) is 24.6 Å². The zero-order valence-corrected chi connectivity index (χ0v) is 17.6. The molecule has 7 nitrogen and oxygen atoms in total. The topological polar surface area (TPSA) is 84.0 Å². The van der Waals surface area contributed by atoms with Crippen molar-refractivity contribution in [3.05, 3.63) is 29.6 Å². The second kappa shape index (κ2) is 8.74. The number of sulfonamides is 1. The molecular weight excluding hydrogens is 407 g/mol. The van der Waals surface area contributed by atoms with Gasteiger partial charge in [-0.05, 0) is 44.0 Å². The number of hydrogen-bond acceptors (Lipinski definition) is 6. The summed E-state index contributed by atoms with van der Waals surface area (Å²) >= 11 is 0. The van der Waals surface area contributed by atoms with E-state index in [0.717, 1.165) is 19.2 Å². The van der Waals surface area contributed by atoms with Crippen LogP contribution in [0.15, 0.2) is 23.1 Å². The number of halogens is 1. The Kier molecular flexibility index (Phi) is 6.76. The van der Waals surface area contributed by atoms with Crippen LogP contribution in [-0.4, -0.2) is 83.0 Å². The monoisotopic (exact) mass is 434 g/mol. The Morgan fingerprint density at radius 2 is 2.00 bits per heavy atom. The van der Waals surface area contributed by atoms with Crippen molar-refractivity contribution in [3.8, 4) is 0 Å². The van der Waals surface area contributed by atoms with Gasteiger partial charge in [-0.2, -0.15) is 4.31 Å². The van der Waals surface area contributed by atoms with Gasteiger partial charge in [-0.15, -0.1) is 0 Å². The Morgan fingerprint density at radius 3 is 2.64 bits per heavy atom. The summed E-state index contributed by atoms with van der Waals surface area (Å²) in [6.07, 6.45) is 0.787. The van der Waals surface area contributed by atoms with Gasteiger partial charge in [0.2, 0.25) is 10.0 Å². The number of rotatable bonds is 7. The molecule has 0 amide bonds. The van der Waals surface area contributed by atoms with Crippen molar-refractivity contribution in [1.29, 1.82) is 0 Å². The van der Waals surface area contributed by atoms with Crippen LogP contribution in [0.4, 0.5) is 4.39 Å². The SMILES string of the molecule is Cc1ccc(F)c(S(=O)(=O)N(CCCN2CCOCC2)C2CCS(=O)(=O)C2)c1. The van der Waals surface area contributed by atoms with Gasteiger partial charge in [-0.1, -0.05) is 6.07 Å². The Hall–Kier alpha value is -1.07. The van der Waals surface area contributed by atoms with Crippen LogP contribution in [0, 0.1) is 12.7 Å². The van der Waals surface area contributed by atoms with Gasteiger partial charge in [-0.3, -0.25) is 4.90 Å². The lowest BCUT2D eigenvalue weighted by Gasteiger charge is -2.30. The van der Waals surface area contributed by atoms with Crippen molar-refractivity contribution < 1.29 is 26.0 Å². The summed E-state index contributed by atoms with van der Waals surface area (Å²) in [7, 11) is -7.41. The average Bonchev–Trinajstić information content (AvgIpc) is 3.00. The smallest absolute Gasteiger partial charge is 0.246 e. The van der Waals surface area contributed by atoms with E-state index in [1.54, 1.807) is 6.92 Å². The molecule has 2 aliphatic heterocycles. The second-order valence-corrected chi connectivity index (χ2v) is 11.5. The molecule has 3 rings (SSSR count). The summed E-state index contributed by atoms with van der Waals surface area (Å²) in [4.78, 5) is 1.80. The fourth-order valence-corrected chi connectivity index (χ4v) is 7.38. The van der Waals surface area contributed by atoms with Gasteiger partial charge in [-0.25, -0.2) is 21.2 Å². The van der Waals surface area contributed by atoms with Crippen molar-refractivity contribution in [1.82, 2.24) is 9.21 Å². The molecule has 1 aromatic carbocycles. The van der Waals surface area contributed by atoms with Gasteiger partial charge in [0.1, 0.15) is 10.7 Å². The third kappa shape index (κ3) is 5.10. The minimum absolute atomic E-state index is 0.0382. The van der Waals surface area contributed by atoms with Crippen LogP contribution in [0.25, 0.3) is 0 Å². The van der Waals surface area contributed by atoms with Gasteiger partial charge < -0.3 is 4.74 Å². The summed E-state index contributed by atoms with van der Waals surface area (Å²) in [5.41, 5.74) is 0.632. The maximum absolute atomic E-state index is 14.3. The third-order valence-electron chi connectivity index (χ3n) is 5.25. The van der Waals surface area contributed by atoms with Crippen molar-refractivity contribution >= 4 is 19.9 Å². The normalized spacial score (nSPS) is 23.3. The number of sulfone groups is 1. The molecular formula is C18H27FN2O5S2. The van der Waals surface area contributed by atoms with E-state index in [1.807, 2.05) is 0 Å². The van der Waals surface area contributed by atoms with E-state index in [2.05, 4.69) is 4.90 Å². The predicted octanol–water partition coefficient (Wildman–Crippen LogP) is 1.03. The molecule has 2 aliphatic rings. The highest BCUT2D eigenvalue weighted by atomic mass is 32.2. The second-order valence-electron chi connectivity index (χ2n) is 7.41. The molecule has 0 spiro atoms. The molecule has 0 bridgehead atoms. The van der Waals surface area contributed by atoms with E-state index >= 15 is 0 Å².